The highest BCUT2D eigenvalue weighted by Crippen LogP contribution is 2.02. The lowest BCUT2D eigenvalue weighted by Gasteiger charge is -1.95. The highest BCUT2D eigenvalue weighted by Gasteiger charge is 1.86. The van der Waals surface area contributed by atoms with Crippen molar-refractivity contribution < 1.29 is 0 Å². The second kappa shape index (κ2) is 8.05. The van der Waals surface area contributed by atoms with E-state index in [9.17, 15) is 0 Å². The summed E-state index contributed by atoms with van der Waals surface area (Å²) >= 11 is 0. The summed E-state index contributed by atoms with van der Waals surface area (Å²) in [6.07, 6.45) is 14.6. The van der Waals surface area contributed by atoms with Crippen LogP contribution < -0.4 is 0 Å². The van der Waals surface area contributed by atoms with E-state index in [1.165, 1.54) is 11.1 Å². The minimum Gasteiger partial charge on any atom is -0.0988 e. The van der Waals surface area contributed by atoms with Crippen molar-refractivity contribution in [3.63, 3.8) is 0 Å². The summed E-state index contributed by atoms with van der Waals surface area (Å²) in [5.74, 6) is 0.467. The van der Waals surface area contributed by atoms with Gasteiger partial charge in [-0.2, -0.15) is 0 Å². The van der Waals surface area contributed by atoms with Crippen LogP contribution in [-0.4, -0.2) is 0 Å². The Bertz CT molecular complexity index is 294. The molecule has 0 rings (SSSR count). The first-order valence-corrected chi connectivity index (χ1v) is 5.35. The molecule has 0 heterocycles. The third-order valence-corrected chi connectivity index (χ3v) is 1.94. The summed E-state index contributed by atoms with van der Waals surface area (Å²) in [4.78, 5) is 0. The molecular formula is C15H22. The van der Waals surface area contributed by atoms with E-state index in [1.807, 2.05) is 13.0 Å². The first-order valence-electron chi connectivity index (χ1n) is 5.35. The van der Waals surface area contributed by atoms with Gasteiger partial charge in [-0.1, -0.05) is 67.2 Å². The molecular weight excluding hydrogens is 180 g/mol. The Morgan fingerprint density at radius 3 is 2.00 bits per heavy atom. The van der Waals surface area contributed by atoms with E-state index in [-0.39, 0.29) is 0 Å². The second-order valence-electron chi connectivity index (χ2n) is 3.99. The Kier molecular flexibility index (Phi) is 7.35. The molecule has 0 radical (unpaired) electrons. The highest BCUT2D eigenvalue weighted by molar-refractivity contribution is 5.21. The van der Waals surface area contributed by atoms with Gasteiger partial charge >= 0.3 is 0 Å². The molecule has 0 aromatic carbocycles. The van der Waals surface area contributed by atoms with Gasteiger partial charge < -0.3 is 0 Å². The predicted molar refractivity (Wildman–Crippen MR) is 70.8 cm³/mol. The average Bonchev–Trinajstić information content (AvgIpc) is 2.17. The molecule has 0 aromatic rings. The van der Waals surface area contributed by atoms with Gasteiger partial charge in [0.2, 0.25) is 0 Å². The van der Waals surface area contributed by atoms with E-state index < -0.39 is 0 Å². The highest BCUT2D eigenvalue weighted by atomic mass is 13.9. The molecule has 0 aliphatic carbocycles. The van der Waals surface area contributed by atoms with Gasteiger partial charge in [-0.15, -0.1) is 0 Å². The molecule has 0 aliphatic rings. The molecule has 0 fully saturated rings. The summed E-state index contributed by atoms with van der Waals surface area (Å²) in [6, 6.07) is 0. The number of hydrogen-bond donors (Lipinski definition) is 0. The zero-order valence-corrected chi connectivity index (χ0v) is 10.3. The van der Waals surface area contributed by atoms with Gasteiger partial charge in [-0.05, 0) is 26.7 Å². The normalized spacial score (nSPS) is 14.5. The third kappa shape index (κ3) is 9.01. The number of allylic oxidation sites excluding steroid dienone is 9. The summed E-state index contributed by atoms with van der Waals surface area (Å²) < 4.78 is 0. The number of rotatable bonds is 5. The molecule has 0 N–H and O–H groups in total. The molecule has 0 nitrogen and oxygen atoms in total. The topological polar surface area (TPSA) is 0 Å². The third-order valence-electron chi connectivity index (χ3n) is 1.94. The van der Waals surface area contributed by atoms with Crippen LogP contribution in [0.2, 0.25) is 0 Å². The zero-order valence-electron chi connectivity index (χ0n) is 10.3. The first-order chi connectivity index (χ1) is 7.06. The van der Waals surface area contributed by atoms with E-state index in [1.54, 1.807) is 0 Å². The van der Waals surface area contributed by atoms with Crippen LogP contribution in [0.1, 0.15) is 27.7 Å². The largest absolute Gasteiger partial charge is 0.0988 e. The van der Waals surface area contributed by atoms with Gasteiger partial charge in [0.1, 0.15) is 0 Å². The van der Waals surface area contributed by atoms with Crippen molar-refractivity contribution in [2.45, 2.75) is 27.7 Å². The lowest BCUT2D eigenvalue weighted by molar-refractivity contribution is 0.940. The van der Waals surface area contributed by atoms with Crippen LogP contribution in [0, 0.1) is 5.92 Å². The molecule has 1 unspecified atom stereocenters. The van der Waals surface area contributed by atoms with Crippen molar-refractivity contribution in [3.8, 4) is 0 Å². The van der Waals surface area contributed by atoms with Crippen LogP contribution in [0.5, 0.6) is 0 Å². The minimum atomic E-state index is 0.467. The molecule has 0 aromatic heterocycles. The van der Waals surface area contributed by atoms with Crippen molar-refractivity contribution in [3.05, 3.63) is 60.3 Å². The molecule has 0 amide bonds. The fourth-order valence-electron chi connectivity index (χ4n) is 0.938. The molecule has 0 aliphatic heterocycles. The quantitative estimate of drug-likeness (QED) is 0.560. The van der Waals surface area contributed by atoms with E-state index >= 15 is 0 Å². The second-order valence-corrected chi connectivity index (χ2v) is 3.99. The zero-order chi connectivity index (χ0) is 11.7. The smallest absolute Gasteiger partial charge is 0.00756 e. The van der Waals surface area contributed by atoms with E-state index in [0.29, 0.717) is 5.92 Å². The summed E-state index contributed by atoms with van der Waals surface area (Å²) in [5, 5.41) is 0. The van der Waals surface area contributed by atoms with Crippen molar-refractivity contribution in [1.29, 1.82) is 0 Å². The summed E-state index contributed by atoms with van der Waals surface area (Å²) in [6.45, 7) is 12.1. The molecule has 0 bridgehead atoms. The van der Waals surface area contributed by atoms with Crippen LogP contribution in [-0.2, 0) is 0 Å². The Hall–Kier alpha value is -1.30. The molecule has 0 saturated heterocycles. The van der Waals surface area contributed by atoms with Gasteiger partial charge in [0.15, 0.2) is 0 Å². The Labute approximate surface area is 94.4 Å². The van der Waals surface area contributed by atoms with Gasteiger partial charge in [0.25, 0.3) is 0 Å². The van der Waals surface area contributed by atoms with Gasteiger partial charge in [0.05, 0.1) is 0 Å². The van der Waals surface area contributed by atoms with Crippen LogP contribution in [0.3, 0.4) is 0 Å². The molecule has 0 spiro atoms. The molecule has 82 valence electrons. The maximum Gasteiger partial charge on any atom is -0.00756 e. The van der Waals surface area contributed by atoms with Crippen LogP contribution in [0.25, 0.3) is 0 Å². The summed E-state index contributed by atoms with van der Waals surface area (Å²) in [7, 11) is 0. The molecule has 1 atom stereocenters. The maximum absolute atomic E-state index is 3.70. The van der Waals surface area contributed by atoms with Gasteiger partial charge in [-0.25, -0.2) is 0 Å². The number of hydrogen-bond acceptors (Lipinski definition) is 0. The van der Waals surface area contributed by atoms with E-state index in [0.717, 1.165) is 0 Å². The maximum atomic E-state index is 3.70. The SMILES string of the molecule is C=CC(C)=CC=CC(C)C=CC=C(C)C. The van der Waals surface area contributed by atoms with Crippen LogP contribution in [0.4, 0.5) is 0 Å². The van der Waals surface area contributed by atoms with Crippen LogP contribution in [0.15, 0.2) is 60.3 Å². The summed E-state index contributed by atoms with van der Waals surface area (Å²) in [5.41, 5.74) is 2.51. The van der Waals surface area contributed by atoms with Gasteiger partial charge in [-0.3, -0.25) is 0 Å². The van der Waals surface area contributed by atoms with Crippen molar-refractivity contribution in [2.75, 3.05) is 0 Å². The fraction of sp³-hybridized carbons (Fsp3) is 0.333. The predicted octanol–water partition coefficient (Wildman–Crippen LogP) is 4.83. The van der Waals surface area contributed by atoms with Gasteiger partial charge in [0, 0.05) is 0 Å². The standard InChI is InChI=1S/C15H22/c1-6-14(4)10-8-12-15(5)11-7-9-13(2)3/h6-12,15H,1H2,2-5H3. The monoisotopic (exact) mass is 202 g/mol. The lowest BCUT2D eigenvalue weighted by Crippen LogP contribution is -1.80. The average molecular weight is 202 g/mol. The van der Waals surface area contributed by atoms with Crippen LogP contribution >= 0.6 is 0 Å². The van der Waals surface area contributed by atoms with Crippen molar-refractivity contribution in [2.24, 2.45) is 5.92 Å². The molecule has 15 heavy (non-hydrogen) atoms. The van der Waals surface area contributed by atoms with Crippen molar-refractivity contribution >= 4 is 0 Å². The fourth-order valence-corrected chi connectivity index (χ4v) is 0.938. The lowest BCUT2D eigenvalue weighted by atomic mass is 10.1. The van der Waals surface area contributed by atoms with E-state index in [2.05, 4.69) is 63.8 Å². The Morgan fingerprint density at radius 2 is 1.53 bits per heavy atom. The van der Waals surface area contributed by atoms with Crippen molar-refractivity contribution in [1.82, 2.24) is 0 Å². The minimum absolute atomic E-state index is 0.467. The Morgan fingerprint density at radius 1 is 1.00 bits per heavy atom. The van der Waals surface area contributed by atoms with E-state index in [4.69, 9.17) is 0 Å². The Balaban J connectivity index is 4.14. The first kappa shape index (κ1) is 13.7. The molecule has 0 saturated carbocycles. The molecule has 0 heteroatoms.